The van der Waals surface area contributed by atoms with Crippen molar-refractivity contribution in [3.63, 3.8) is 0 Å². The fourth-order valence-corrected chi connectivity index (χ4v) is 4.20. The molecule has 0 spiro atoms. The number of phenols is 1. The molecule has 0 amide bonds. The van der Waals surface area contributed by atoms with E-state index >= 15 is 0 Å². The lowest BCUT2D eigenvalue weighted by atomic mass is 9.70. The Bertz CT molecular complexity index is 1000. The minimum absolute atomic E-state index is 0.0494. The molecule has 0 radical (unpaired) electrons. The summed E-state index contributed by atoms with van der Waals surface area (Å²) in [6, 6.07) is 8.49. The second-order valence-corrected chi connectivity index (χ2v) is 7.89. The molecule has 1 unspecified atom stereocenters. The van der Waals surface area contributed by atoms with Crippen molar-refractivity contribution in [2.45, 2.75) is 37.6 Å². The highest BCUT2D eigenvalue weighted by atomic mass is 19.1. The van der Waals surface area contributed by atoms with Crippen LogP contribution in [0.25, 0.3) is 16.9 Å². The van der Waals surface area contributed by atoms with Crippen LogP contribution in [0.4, 0.5) is 4.39 Å². The van der Waals surface area contributed by atoms with Gasteiger partial charge in [-0.25, -0.2) is 9.07 Å². The van der Waals surface area contributed by atoms with Crippen molar-refractivity contribution in [1.82, 2.24) is 30.5 Å². The Labute approximate surface area is 166 Å². The fourth-order valence-electron chi connectivity index (χ4n) is 4.20. The largest absolute Gasteiger partial charge is 0.507 e. The molecule has 4 atom stereocenters. The number of aromatic hydroxyl groups is 1. The Balaban J connectivity index is 1.34. The quantitative estimate of drug-likeness (QED) is 0.698. The van der Waals surface area contributed by atoms with Gasteiger partial charge in [0.2, 0.25) is 5.88 Å². The third kappa shape index (κ3) is 3.11. The summed E-state index contributed by atoms with van der Waals surface area (Å²) in [4.78, 5) is 0. The average molecular weight is 396 g/mol. The smallest absolute Gasteiger partial charge is 0.233 e. The highest BCUT2D eigenvalue weighted by molar-refractivity contribution is 5.68. The van der Waals surface area contributed by atoms with Crippen molar-refractivity contribution in [3.05, 3.63) is 42.7 Å². The normalized spacial score (nSPS) is 28.4. The number of piperidine rings is 2. The Hall–Kier alpha value is -3.07. The average Bonchev–Trinajstić information content (AvgIpc) is 3.27. The molecular formula is C20H21FN6O2. The maximum Gasteiger partial charge on any atom is 0.233 e. The second-order valence-electron chi connectivity index (χ2n) is 7.89. The Morgan fingerprint density at radius 3 is 2.83 bits per heavy atom. The molecular weight excluding hydrogens is 375 g/mol. The number of aromatic nitrogens is 5. The topological polar surface area (TPSA) is 98.0 Å². The van der Waals surface area contributed by atoms with Gasteiger partial charge in [-0.05, 0) is 38.0 Å². The summed E-state index contributed by atoms with van der Waals surface area (Å²) in [5, 5.41) is 29.6. The first-order valence-corrected chi connectivity index (χ1v) is 9.63. The van der Waals surface area contributed by atoms with E-state index in [0.29, 0.717) is 16.9 Å². The Morgan fingerprint density at radius 2 is 2.17 bits per heavy atom. The number of halogens is 1. The molecule has 2 bridgehead atoms. The number of alkyl halides is 1. The van der Waals surface area contributed by atoms with Crippen LogP contribution in [-0.4, -0.2) is 54.7 Å². The molecule has 8 nitrogen and oxygen atoms in total. The van der Waals surface area contributed by atoms with E-state index in [4.69, 9.17) is 4.74 Å². The second kappa shape index (κ2) is 6.77. The van der Waals surface area contributed by atoms with E-state index in [-0.39, 0.29) is 17.5 Å². The maximum absolute atomic E-state index is 14.9. The number of fused-ring (bicyclic) bond motifs is 3. The Kier molecular flexibility index (Phi) is 4.20. The van der Waals surface area contributed by atoms with Gasteiger partial charge >= 0.3 is 0 Å². The first-order valence-electron chi connectivity index (χ1n) is 9.63. The number of nitrogens with one attached hydrogen (secondary N) is 1. The van der Waals surface area contributed by atoms with E-state index in [1.54, 1.807) is 47.4 Å². The van der Waals surface area contributed by atoms with Gasteiger partial charge in [0.15, 0.2) is 6.17 Å². The Morgan fingerprint density at radius 1 is 1.28 bits per heavy atom. The summed E-state index contributed by atoms with van der Waals surface area (Å²) in [5.41, 5.74) is 1.17. The molecule has 2 aliphatic heterocycles. The summed E-state index contributed by atoms with van der Waals surface area (Å²) in [6.45, 7) is 2.66. The maximum atomic E-state index is 14.9. The summed E-state index contributed by atoms with van der Waals surface area (Å²) in [5.74, 6) is 0.464. The van der Waals surface area contributed by atoms with Crippen LogP contribution >= 0.6 is 0 Å². The van der Waals surface area contributed by atoms with Crippen molar-refractivity contribution in [2.75, 3.05) is 6.54 Å². The van der Waals surface area contributed by atoms with Crippen LogP contribution < -0.4 is 10.1 Å². The zero-order chi connectivity index (χ0) is 20.0. The van der Waals surface area contributed by atoms with Crippen LogP contribution in [0.3, 0.4) is 0 Å². The zero-order valence-corrected chi connectivity index (χ0v) is 15.9. The third-order valence-electron chi connectivity index (χ3n) is 6.01. The van der Waals surface area contributed by atoms with Crippen LogP contribution in [0.1, 0.15) is 19.8 Å². The van der Waals surface area contributed by atoms with Crippen molar-refractivity contribution in [1.29, 1.82) is 0 Å². The number of phenolic OH excluding ortho intramolecular Hbond substituents is 1. The van der Waals surface area contributed by atoms with Crippen molar-refractivity contribution in [3.8, 4) is 28.6 Å². The van der Waals surface area contributed by atoms with E-state index < -0.39 is 17.8 Å². The van der Waals surface area contributed by atoms with E-state index in [1.165, 1.54) is 0 Å². The molecule has 2 aromatic heterocycles. The van der Waals surface area contributed by atoms with E-state index in [2.05, 4.69) is 25.8 Å². The van der Waals surface area contributed by atoms with Crippen LogP contribution in [0.15, 0.2) is 42.7 Å². The van der Waals surface area contributed by atoms with Gasteiger partial charge in [-0.2, -0.15) is 0 Å². The predicted molar refractivity (Wildman–Crippen MR) is 102 cm³/mol. The molecule has 1 aliphatic carbocycles. The highest BCUT2D eigenvalue weighted by Gasteiger charge is 2.52. The summed E-state index contributed by atoms with van der Waals surface area (Å²) in [7, 11) is 0. The van der Waals surface area contributed by atoms with Gasteiger partial charge in [0.25, 0.3) is 0 Å². The first-order chi connectivity index (χ1) is 14.0. The van der Waals surface area contributed by atoms with Crippen molar-refractivity contribution in [2.24, 2.45) is 5.92 Å². The van der Waals surface area contributed by atoms with Gasteiger partial charge in [-0.1, -0.05) is 5.21 Å². The van der Waals surface area contributed by atoms with Crippen LogP contribution in [0.5, 0.6) is 11.6 Å². The lowest BCUT2D eigenvalue weighted by Gasteiger charge is -2.51. The number of hydrogen-bond donors (Lipinski definition) is 2. The highest BCUT2D eigenvalue weighted by Crippen LogP contribution is 2.40. The number of benzene rings is 1. The molecule has 3 aromatic rings. The van der Waals surface area contributed by atoms with Crippen LogP contribution in [-0.2, 0) is 0 Å². The van der Waals surface area contributed by atoms with E-state index in [0.717, 1.165) is 19.4 Å². The summed E-state index contributed by atoms with van der Waals surface area (Å²) >= 11 is 0. The molecule has 1 aromatic carbocycles. The van der Waals surface area contributed by atoms with Crippen molar-refractivity contribution < 1.29 is 14.2 Å². The number of nitrogens with zero attached hydrogens (tertiary/aromatic N) is 5. The molecule has 4 heterocycles. The monoisotopic (exact) mass is 396 g/mol. The van der Waals surface area contributed by atoms with Gasteiger partial charge in [0.1, 0.15) is 11.9 Å². The summed E-state index contributed by atoms with van der Waals surface area (Å²) < 4.78 is 22.3. The predicted octanol–water partition coefficient (Wildman–Crippen LogP) is 2.29. The van der Waals surface area contributed by atoms with Gasteiger partial charge in [-0.15, -0.1) is 15.3 Å². The molecule has 150 valence electrons. The molecule has 3 fully saturated rings. The van der Waals surface area contributed by atoms with Crippen LogP contribution in [0, 0.1) is 5.92 Å². The molecule has 9 heteroatoms. The lowest BCUT2D eigenvalue weighted by molar-refractivity contribution is -0.0729. The van der Waals surface area contributed by atoms with Crippen molar-refractivity contribution >= 4 is 0 Å². The molecule has 2 saturated heterocycles. The minimum atomic E-state index is -1.09. The van der Waals surface area contributed by atoms with E-state index in [9.17, 15) is 9.50 Å². The van der Waals surface area contributed by atoms with Crippen LogP contribution in [0.2, 0.25) is 0 Å². The summed E-state index contributed by atoms with van der Waals surface area (Å²) in [6.07, 6.45) is 3.38. The zero-order valence-electron chi connectivity index (χ0n) is 15.9. The van der Waals surface area contributed by atoms with Gasteiger partial charge in [-0.3, -0.25) is 0 Å². The first kappa shape index (κ1) is 18.0. The molecule has 29 heavy (non-hydrogen) atoms. The third-order valence-corrected chi connectivity index (χ3v) is 6.01. The molecule has 3 aliphatic rings. The number of hydrogen-bond acceptors (Lipinski definition) is 7. The molecule has 1 saturated carbocycles. The SMILES string of the molecule is C[C@]12CCC(CN1)[C@@H](Oc1ccc(-c3ccc(-n4ccnn4)cc3O)nn1)[C@@H]2F. The number of rotatable bonds is 4. The molecule has 6 rings (SSSR count). The lowest BCUT2D eigenvalue weighted by Crippen LogP contribution is -2.68. The van der Waals surface area contributed by atoms with Gasteiger partial charge < -0.3 is 15.2 Å². The van der Waals surface area contributed by atoms with E-state index in [1.807, 2.05) is 6.92 Å². The number of ether oxygens (including phenoxy) is 1. The standard InChI is InChI=1S/C20H21FN6O2/c1-20-7-6-12(11-22-20)18(19(20)21)29-17-5-4-15(24-25-17)14-3-2-13(10-16(14)28)27-9-8-23-26-27/h2-5,8-10,12,18-19,22,28H,6-7,11H2,1H3/t12?,18-,19+,20-/m1/s1. The van der Waals surface area contributed by atoms with Gasteiger partial charge in [0.05, 0.1) is 29.3 Å². The fraction of sp³-hybridized carbons (Fsp3) is 0.400. The minimum Gasteiger partial charge on any atom is -0.507 e. The van der Waals surface area contributed by atoms with Gasteiger partial charge in [0, 0.05) is 30.2 Å². The molecule has 2 N–H and O–H groups in total.